The lowest BCUT2D eigenvalue weighted by Gasteiger charge is -2.08. The van der Waals surface area contributed by atoms with Gasteiger partial charge in [0.25, 0.3) is 6.48 Å². The Balaban J connectivity index is 2.23. The largest absolute Gasteiger partial charge is 0.379 e. The maximum Gasteiger partial charge on any atom is 0.256 e. The molecule has 9 heteroatoms. The minimum absolute atomic E-state index is 0.194. The molecule has 0 aromatic heterocycles. The number of aliphatic hydroxyl groups excluding tert-OH is 1. The van der Waals surface area contributed by atoms with Crippen molar-refractivity contribution < 1.29 is 36.6 Å². The van der Waals surface area contributed by atoms with Crippen molar-refractivity contribution in [2.75, 3.05) is 0 Å². The Kier molecular flexibility index (Phi) is 9.41. The van der Waals surface area contributed by atoms with Crippen LogP contribution in [0.2, 0.25) is 6.04 Å². The highest BCUT2D eigenvalue weighted by Crippen LogP contribution is 2.24. The molecule has 0 saturated heterocycles. The third-order valence-electron chi connectivity index (χ3n) is 3.64. The normalized spacial score (nSPS) is 12.0. The third-order valence-corrected chi connectivity index (χ3v) is 4.96. The molecule has 1 aromatic rings. The van der Waals surface area contributed by atoms with Gasteiger partial charge in [-0.05, 0) is 18.9 Å². The standard InChI is InChI=1S/C15H21F5O3Si/c16-10-9(11(17)13(19)14(20)12(10)18)7-5-3-1-2-4-6-8-24-23-15(21)22/h15,21-22H,1-8,24H2. The van der Waals surface area contributed by atoms with Gasteiger partial charge in [0, 0.05) is 5.56 Å². The van der Waals surface area contributed by atoms with E-state index in [1.165, 1.54) is 0 Å². The smallest absolute Gasteiger partial charge is 0.256 e. The van der Waals surface area contributed by atoms with Crippen LogP contribution in [0.1, 0.15) is 44.1 Å². The second kappa shape index (κ2) is 10.8. The summed E-state index contributed by atoms with van der Waals surface area (Å²) >= 11 is 0. The second-order valence-corrected chi connectivity index (χ2v) is 6.92. The van der Waals surface area contributed by atoms with Crippen molar-refractivity contribution in [2.24, 2.45) is 0 Å². The lowest BCUT2D eigenvalue weighted by atomic mass is 10.0. The first-order valence-electron chi connectivity index (χ1n) is 7.84. The van der Waals surface area contributed by atoms with Gasteiger partial charge in [-0.25, -0.2) is 22.0 Å². The molecule has 0 spiro atoms. The molecule has 1 aromatic carbocycles. The molecule has 1 rings (SSSR count). The molecule has 24 heavy (non-hydrogen) atoms. The van der Waals surface area contributed by atoms with Crippen LogP contribution < -0.4 is 0 Å². The van der Waals surface area contributed by atoms with Crippen LogP contribution in [0, 0.1) is 29.1 Å². The van der Waals surface area contributed by atoms with E-state index in [4.69, 9.17) is 10.2 Å². The van der Waals surface area contributed by atoms with Crippen molar-refractivity contribution >= 4 is 9.76 Å². The van der Waals surface area contributed by atoms with E-state index >= 15 is 0 Å². The Bertz CT molecular complexity index is 499. The Morgan fingerprint density at radius 2 is 1.17 bits per heavy atom. The number of hydrogen-bond acceptors (Lipinski definition) is 3. The zero-order valence-corrected chi connectivity index (χ0v) is 14.5. The fourth-order valence-electron chi connectivity index (χ4n) is 2.35. The maximum atomic E-state index is 13.4. The molecule has 0 bridgehead atoms. The molecule has 0 amide bonds. The number of benzene rings is 1. The predicted molar refractivity (Wildman–Crippen MR) is 80.3 cm³/mol. The lowest BCUT2D eigenvalue weighted by molar-refractivity contribution is -0.180. The van der Waals surface area contributed by atoms with E-state index in [1.54, 1.807) is 0 Å². The van der Waals surface area contributed by atoms with Crippen molar-refractivity contribution in [3.63, 3.8) is 0 Å². The summed E-state index contributed by atoms with van der Waals surface area (Å²) in [5.41, 5.74) is -0.753. The minimum Gasteiger partial charge on any atom is -0.379 e. The van der Waals surface area contributed by atoms with Gasteiger partial charge in [-0.2, -0.15) is 0 Å². The summed E-state index contributed by atoms with van der Waals surface area (Å²) in [5.74, 6) is -9.42. The van der Waals surface area contributed by atoms with Gasteiger partial charge in [0.1, 0.15) is 0 Å². The first-order valence-corrected chi connectivity index (χ1v) is 9.42. The monoisotopic (exact) mass is 372 g/mol. The van der Waals surface area contributed by atoms with E-state index < -0.39 is 50.9 Å². The molecule has 138 valence electrons. The molecule has 2 N–H and O–H groups in total. The summed E-state index contributed by atoms with van der Waals surface area (Å²) in [6, 6.07) is 0.822. The summed E-state index contributed by atoms with van der Waals surface area (Å²) in [6.45, 7) is -1.70. The van der Waals surface area contributed by atoms with E-state index in [9.17, 15) is 22.0 Å². The van der Waals surface area contributed by atoms with Crippen LogP contribution in [0.5, 0.6) is 0 Å². The molecule has 0 unspecified atom stereocenters. The van der Waals surface area contributed by atoms with Crippen LogP contribution in [0.25, 0.3) is 0 Å². The first-order chi connectivity index (χ1) is 11.4. The van der Waals surface area contributed by atoms with Crippen LogP contribution in [0.4, 0.5) is 22.0 Å². The number of rotatable bonds is 11. The topological polar surface area (TPSA) is 49.7 Å². The molecule has 0 aliphatic carbocycles. The molecule has 0 fully saturated rings. The molecule has 0 saturated carbocycles. The Labute approximate surface area is 139 Å². The molecular weight excluding hydrogens is 351 g/mol. The quantitative estimate of drug-likeness (QED) is 0.157. The van der Waals surface area contributed by atoms with Gasteiger partial charge in [0.2, 0.25) is 5.82 Å². The molecular formula is C15H21F5O3Si. The minimum atomic E-state index is -2.13. The van der Waals surface area contributed by atoms with Crippen LogP contribution in [0.15, 0.2) is 0 Å². The Morgan fingerprint density at radius 3 is 1.71 bits per heavy atom. The third kappa shape index (κ3) is 6.46. The van der Waals surface area contributed by atoms with Crippen LogP contribution in [-0.2, 0) is 10.8 Å². The fraction of sp³-hybridized carbons (Fsp3) is 0.600. The number of halogens is 5. The zero-order chi connectivity index (χ0) is 18.1. The molecule has 0 atom stereocenters. The van der Waals surface area contributed by atoms with E-state index in [-0.39, 0.29) is 6.42 Å². The second-order valence-electron chi connectivity index (χ2n) is 5.47. The highest BCUT2D eigenvalue weighted by molar-refractivity contribution is 6.26. The van der Waals surface area contributed by atoms with E-state index in [2.05, 4.69) is 4.43 Å². The van der Waals surface area contributed by atoms with Crippen molar-refractivity contribution in [2.45, 2.75) is 57.5 Å². The average Bonchev–Trinajstić information content (AvgIpc) is 2.55. The van der Waals surface area contributed by atoms with Gasteiger partial charge in [-0.3, -0.25) is 0 Å². The molecule has 0 heterocycles. The Hall–Kier alpha value is -1.03. The van der Waals surface area contributed by atoms with E-state index in [0.717, 1.165) is 31.7 Å². The number of hydrogen-bond donors (Lipinski definition) is 2. The lowest BCUT2D eigenvalue weighted by Crippen LogP contribution is -2.12. The number of aliphatic hydroxyl groups is 2. The molecule has 3 nitrogen and oxygen atoms in total. The van der Waals surface area contributed by atoms with Crippen molar-refractivity contribution in [3.8, 4) is 0 Å². The van der Waals surface area contributed by atoms with Crippen molar-refractivity contribution in [1.29, 1.82) is 0 Å². The summed E-state index contributed by atoms with van der Waals surface area (Å²) in [6.07, 6.45) is 4.27. The zero-order valence-electron chi connectivity index (χ0n) is 13.1. The van der Waals surface area contributed by atoms with E-state index in [0.29, 0.717) is 12.8 Å². The maximum absolute atomic E-state index is 13.4. The predicted octanol–water partition coefficient (Wildman–Crippen LogP) is 3.05. The SMILES string of the molecule is OC(O)O[SiH2]CCCCCCCCc1c(F)c(F)c(F)c(F)c1F. The van der Waals surface area contributed by atoms with Gasteiger partial charge in [-0.1, -0.05) is 32.1 Å². The van der Waals surface area contributed by atoms with Gasteiger partial charge >= 0.3 is 0 Å². The van der Waals surface area contributed by atoms with Crippen molar-refractivity contribution in [1.82, 2.24) is 0 Å². The molecule has 0 aliphatic heterocycles. The summed E-state index contributed by atoms with van der Waals surface area (Å²) in [5, 5.41) is 17.0. The number of unbranched alkanes of at least 4 members (excludes halogenated alkanes) is 5. The van der Waals surface area contributed by atoms with Crippen molar-refractivity contribution in [3.05, 3.63) is 34.6 Å². The van der Waals surface area contributed by atoms with Gasteiger partial charge < -0.3 is 14.6 Å². The van der Waals surface area contributed by atoms with E-state index in [1.807, 2.05) is 0 Å². The molecule has 0 radical (unpaired) electrons. The summed E-state index contributed by atoms with van der Waals surface area (Å²) < 4.78 is 70.5. The van der Waals surface area contributed by atoms with Crippen LogP contribution in [-0.4, -0.2) is 26.5 Å². The van der Waals surface area contributed by atoms with Crippen LogP contribution in [0.3, 0.4) is 0 Å². The van der Waals surface area contributed by atoms with Gasteiger partial charge in [0.05, 0.1) is 0 Å². The Morgan fingerprint density at radius 1 is 0.708 bits per heavy atom. The van der Waals surface area contributed by atoms with Gasteiger partial charge in [0.15, 0.2) is 33.0 Å². The van der Waals surface area contributed by atoms with Gasteiger partial charge in [-0.15, -0.1) is 0 Å². The fourth-order valence-corrected chi connectivity index (χ4v) is 3.28. The van der Waals surface area contributed by atoms with Crippen LogP contribution >= 0.6 is 0 Å². The first kappa shape index (κ1) is 21.0. The summed E-state index contributed by atoms with van der Waals surface area (Å²) in [4.78, 5) is 0. The summed E-state index contributed by atoms with van der Waals surface area (Å²) in [7, 11) is -0.920. The highest BCUT2D eigenvalue weighted by Gasteiger charge is 2.24. The highest BCUT2D eigenvalue weighted by atomic mass is 28.2. The average molecular weight is 372 g/mol. The molecule has 0 aliphatic rings.